The molecule has 0 amide bonds. The van der Waals surface area contributed by atoms with Crippen molar-refractivity contribution in [2.24, 2.45) is 0 Å². The Bertz CT molecular complexity index is 1250. The first-order valence-electron chi connectivity index (χ1n) is 10.2. The number of Topliss-reactive ketones (excluding diaryl/α,β-unsaturated/α-hetero) is 1. The first-order valence-corrected chi connectivity index (χ1v) is 10.2. The Kier molecular flexibility index (Phi) is 6.70. The fourth-order valence-corrected chi connectivity index (χ4v) is 3.02. The van der Waals surface area contributed by atoms with Crippen molar-refractivity contribution in [3.05, 3.63) is 84.3 Å². The molecule has 33 heavy (non-hydrogen) atoms. The van der Waals surface area contributed by atoms with Crippen molar-refractivity contribution in [1.29, 1.82) is 0 Å². The molecule has 4 aromatic rings. The summed E-state index contributed by atoms with van der Waals surface area (Å²) in [5.41, 5.74) is 1.09. The highest BCUT2D eigenvalue weighted by Crippen LogP contribution is 2.21. The van der Waals surface area contributed by atoms with Gasteiger partial charge in [0, 0.05) is 17.2 Å². The molecule has 0 saturated heterocycles. The van der Waals surface area contributed by atoms with Crippen LogP contribution in [0, 0.1) is 0 Å². The molecule has 0 aliphatic carbocycles. The van der Waals surface area contributed by atoms with Crippen molar-refractivity contribution in [3.63, 3.8) is 0 Å². The van der Waals surface area contributed by atoms with Crippen LogP contribution in [0.15, 0.2) is 77.4 Å². The van der Waals surface area contributed by atoms with Gasteiger partial charge in [-0.15, -0.1) is 5.10 Å². The molecule has 2 aromatic carbocycles. The van der Waals surface area contributed by atoms with Crippen molar-refractivity contribution in [2.75, 3.05) is 13.2 Å². The smallest absolute Gasteiger partial charge is 0.357 e. The Labute approximate surface area is 189 Å². The van der Waals surface area contributed by atoms with E-state index in [0.717, 1.165) is 0 Å². The number of ether oxygens (including phenoxy) is 2. The third-order valence-corrected chi connectivity index (χ3v) is 4.58. The highest BCUT2D eigenvalue weighted by molar-refractivity contribution is 6.16. The minimum Gasteiger partial charge on any atom is -0.494 e. The second-order valence-corrected chi connectivity index (χ2v) is 6.78. The second kappa shape index (κ2) is 10.2. The molecule has 0 fully saturated rings. The summed E-state index contributed by atoms with van der Waals surface area (Å²) < 4.78 is 17.3. The molecule has 0 atom stereocenters. The summed E-state index contributed by atoms with van der Waals surface area (Å²) in [6.45, 7) is 1.95. The van der Waals surface area contributed by atoms with Crippen LogP contribution in [0.5, 0.6) is 5.75 Å². The standard InChI is InChI=1S/C24H20N4O5/c1-2-31-19-12-10-17(11-13-19)22(29)16-33-24(30)21(15-20-9-6-14-32-20)28-23(25-26-27-28)18-7-4-3-5-8-18/h3-15H,2,16H2,1H3/b21-15+. The van der Waals surface area contributed by atoms with Crippen molar-refractivity contribution in [2.45, 2.75) is 6.92 Å². The van der Waals surface area contributed by atoms with Gasteiger partial charge in [-0.05, 0) is 53.7 Å². The second-order valence-electron chi connectivity index (χ2n) is 6.78. The molecule has 2 aromatic heterocycles. The molecule has 0 radical (unpaired) electrons. The zero-order chi connectivity index (χ0) is 23.0. The molecule has 2 heterocycles. The van der Waals surface area contributed by atoms with Crippen LogP contribution in [0.3, 0.4) is 0 Å². The van der Waals surface area contributed by atoms with Gasteiger partial charge in [0.1, 0.15) is 11.5 Å². The van der Waals surface area contributed by atoms with Gasteiger partial charge in [-0.3, -0.25) is 4.79 Å². The fraction of sp³-hybridized carbons (Fsp3) is 0.125. The van der Waals surface area contributed by atoms with Crippen LogP contribution >= 0.6 is 0 Å². The van der Waals surface area contributed by atoms with E-state index in [-0.39, 0.29) is 11.5 Å². The molecule has 166 valence electrons. The Morgan fingerprint density at radius 2 is 1.82 bits per heavy atom. The topological polar surface area (TPSA) is 109 Å². The molecule has 0 unspecified atom stereocenters. The van der Waals surface area contributed by atoms with Gasteiger partial charge in [0.2, 0.25) is 0 Å². The number of hydrogen-bond donors (Lipinski definition) is 0. The van der Waals surface area contributed by atoms with Crippen LogP contribution in [0.2, 0.25) is 0 Å². The summed E-state index contributed by atoms with van der Waals surface area (Å²) >= 11 is 0. The number of benzene rings is 2. The SMILES string of the molecule is CCOc1ccc(C(=O)COC(=O)/C(=C\c2ccco2)n2nnnc2-c2ccccc2)cc1. The van der Waals surface area contributed by atoms with E-state index >= 15 is 0 Å². The Hall–Kier alpha value is -4.53. The summed E-state index contributed by atoms with van der Waals surface area (Å²) in [5.74, 6) is 0.248. The number of nitrogens with zero attached hydrogens (tertiary/aromatic N) is 4. The number of esters is 1. The predicted octanol–water partition coefficient (Wildman–Crippen LogP) is 3.76. The Balaban J connectivity index is 1.56. The van der Waals surface area contributed by atoms with Crippen molar-refractivity contribution < 1.29 is 23.5 Å². The zero-order valence-electron chi connectivity index (χ0n) is 17.7. The van der Waals surface area contributed by atoms with Crippen LogP contribution in [0.4, 0.5) is 0 Å². The van der Waals surface area contributed by atoms with E-state index in [9.17, 15) is 9.59 Å². The maximum absolute atomic E-state index is 13.0. The minimum atomic E-state index is -0.782. The number of rotatable bonds is 9. The lowest BCUT2D eigenvalue weighted by atomic mass is 10.1. The van der Waals surface area contributed by atoms with Crippen LogP contribution in [-0.4, -0.2) is 45.2 Å². The van der Waals surface area contributed by atoms with Gasteiger partial charge in [0.05, 0.1) is 12.9 Å². The average molecular weight is 444 g/mol. The number of carbonyl (C=O) groups is 2. The minimum absolute atomic E-state index is 0.00621. The normalized spacial score (nSPS) is 11.2. The van der Waals surface area contributed by atoms with Crippen molar-refractivity contribution >= 4 is 23.5 Å². The lowest BCUT2D eigenvalue weighted by Crippen LogP contribution is -2.19. The first-order chi connectivity index (χ1) is 16.2. The lowest BCUT2D eigenvalue weighted by molar-refractivity contribution is -0.136. The maximum Gasteiger partial charge on any atom is 0.357 e. The molecule has 0 bridgehead atoms. The van der Waals surface area contributed by atoms with Gasteiger partial charge in [0.15, 0.2) is 23.9 Å². The van der Waals surface area contributed by atoms with Gasteiger partial charge in [0.25, 0.3) is 0 Å². The number of carbonyl (C=O) groups excluding carboxylic acids is 2. The molecule has 9 nitrogen and oxygen atoms in total. The summed E-state index contributed by atoms with van der Waals surface area (Å²) in [7, 11) is 0. The fourth-order valence-electron chi connectivity index (χ4n) is 3.02. The summed E-state index contributed by atoms with van der Waals surface area (Å²) in [4.78, 5) is 25.5. The predicted molar refractivity (Wildman–Crippen MR) is 119 cm³/mol. The Morgan fingerprint density at radius 3 is 2.52 bits per heavy atom. The highest BCUT2D eigenvalue weighted by Gasteiger charge is 2.22. The van der Waals surface area contributed by atoms with E-state index in [2.05, 4.69) is 15.5 Å². The van der Waals surface area contributed by atoms with Gasteiger partial charge < -0.3 is 13.9 Å². The monoisotopic (exact) mass is 444 g/mol. The average Bonchev–Trinajstić information content (AvgIpc) is 3.54. The van der Waals surface area contributed by atoms with Gasteiger partial charge in [-0.2, -0.15) is 4.68 Å². The van der Waals surface area contributed by atoms with E-state index in [1.165, 1.54) is 17.0 Å². The largest absolute Gasteiger partial charge is 0.494 e. The molecular formula is C24H20N4O5. The molecule has 4 rings (SSSR count). The highest BCUT2D eigenvalue weighted by atomic mass is 16.5. The number of tetrazole rings is 1. The van der Waals surface area contributed by atoms with E-state index in [0.29, 0.717) is 35.1 Å². The van der Waals surface area contributed by atoms with Crippen LogP contribution in [0.1, 0.15) is 23.0 Å². The Morgan fingerprint density at radius 1 is 1.03 bits per heavy atom. The van der Waals surface area contributed by atoms with Gasteiger partial charge in [-0.1, -0.05) is 30.3 Å². The van der Waals surface area contributed by atoms with E-state index in [1.54, 1.807) is 36.4 Å². The van der Waals surface area contributed by atoms with E-state index in [4.69, 9.17) is 13.9 Å². The van der Waals surface area contributed by atoms with E-state index < -0.39 is 12.6 Å². The van der Waals surface area contributed by atoms with Gasteiger partial charge in [-0.25, -0.2) is 4.79 Å². The number of hydrogen-bond acceptors (Lipinski definition) is 8. The molecule has 0 spiro atoms. The summed E-state index contributed by atoms with van der Waals surface area (Å²) in [6, 6.07) is 19.1. The van der Waals surface area contributed by atoms with Crippen LogP contribution < -0.4 is 4.74 Å². The molecule has 0 aliphatic rings. The number of ketones is 1. The van der Waals surface area contributed by atoms with Crippen LogP contribution in [0.25, 0.3) is 23.2 Å². The maximum atomic E-state index is 13.0. The zero-order valence-corrected chi connectivity index (χ0v) is 17.7. The molecule has 0 N–H and O–H groups in total. The summed E-state index contributed by atoms with van der Waals surface area (Å²) in [5, 5.41) is 11.7. The third kappa shape index (κ3) is 5.21. The molecular weight excluding hydrogens is 424 g/mol. The summed E-state index contributed by atoms with van der Waals surface area (Å²) in [6.07, 6.45) is 2.93. The number of aromatic nitrogens is 4. The first kappa shape index (κ1) is 21.7. The van der Waals surface area contributed by atoms with Crippen molar-refractivity contribution in [3.8, 4) is 17.1 Å². The third-order valence-electron chi connectivity index (χ3n) is 4.58. The lowest BCUT2D eigenvalue weighted by Gasteiger charge is -2.10. The van der Waals surface area contributed by atoms with Gasteiger partial charge >= 0.3 is 5.97 Å². The van der Waals surface area contributed by atoms with Crippen molar-refractivity contribution in [1.82, 2.24) is 20.2 Å². The quantitative estimate of drug-likeness (QED) is 0.218. The van der Waals surface area contributed by atoms with Crippen LogP contribution in [-0.2, 0) is 9.53 Å². The van der Waals surface area contributed by atoms with E-state index in [1.807, 2.05) is 37.3 Å². The molecule has 0 saturated carbocycles. The number of furan rings is 1. The molecule has 0 aliphatic heterocycles. The molecule has 9 heteroatoms.